The summed E-state index contributed by atoms with van der Waals surface area (Å²) in [6, 6.07) is 6.71. The summed E-state index contributed by atoms with van der Waals surface area (Å²) in [5, 5.41) is 11.9. The van der Waals surface area contributed by atoms with E-state index >= 15 is 0 Å². The molecule has 10 heteroatoms. The first kappa shape index (κ1) is 19.5. The van der Waals surface area contributed by atoms with Crippen LogP contribution in [0.2, 0.25) is 0 Å². The number of hydrogen-bond acceptors (Lipinski definition) is 8. The van der Waals surface area contributed by atoms with Gasteiger partial charge in [-0.25, -0.2) is 4.98 Å². The number of benzene rings is 1. The zero-order chi connectivity index (χ0) is 26.6. The summed E-state index contributed by atoms with van der Waals surface area (Å²) in [7, 11) is 1.48. The highest BCUT2D eigenvalue weighted by molar-refractivity contribution is 6.01. The largest absolute Gasteiger partial charge is 0.494 e. The van der Waals surface area contributed by atoms with E-state index in [1.165, 1.54) is 19.4 Å². The third kappa shape index (κ3) is 5.16. The number of unbranched alkanes of at least 4 members (excludes halogenated alkanes) is 1. The minimum atomic E-state index is -2.70. The Morgan fingerprint density at radius 3 is 2.88 bits per heavy atom. The van der Waals surface area contributed by atoms with Crippen molar-refractivity contribution in [1.29, 1.82) is 0 Å². The molecule has 0 radical (unpaired) electrons. The Kier molecular flexibility index (Phi) is 5.93. The van der Waals surface area contributed by atoms with Crippen LogP contribution in [0.4, 0.5) is 17.2 Å². The maximum atomic E-state index is 12.8. The summed E-state index contributed by atoms with van der Waals surface area (Å²) in [5.74, 6) is 0.403. The van der Waals surface area contributed by atoms with E-state index in [1.807, 2.05) is 5.32 Å². The number of ether oxygens (including phenoxy) is 1. The number of rotatable bonds is 10. The highest BCUT2D eigenvalue weighted by Crippen LogP contribution is 2.38. The van der Waals surface area contributed by atoms with Crippen molar-refractivity contribution in [2.45, 2.75) is 39.0 Å². The van der Waals surface area contributed by atoms with Gasteiger partial charge in [0, 0.05) is 35.7 Å². The van der Waals surface area contributed by atoms with Crippen molar-refractivity contribution >= 4 is 29.0 Å². The van der Waals surface area contributed by atoms with E-state index in [0.717, 1.165) is 25.7 Å². The first-order chi connectivity index (χ1) is 17.7. The fourth-order valence-electron chi connectivity index (χ4n) is 3.42. The molecule has 0 saturated heterocycles. The predicted molar refractivity (Wildman–Crippen MR) is 127 cm³/mol. The third-order valence-electron chi connectivity index (χ3n) is 5.40. The van der Waals surface area contributed by atoms with Crippen LogP contribution in [0.5, 0.6) is 5.75 Å². The third-order valence-corrected chi connectivity index (χ3v) is 5.40. The van der Waals surface area contributed by atoms with Crippen molar-refractivity contribution in [2.24, 2.45) is 5.92 Å². The van der Waals surface area contributed by atoms with Crippen molar-refractivity contribution in [1.82, 2.24) is 20.4 Å². The molecule has 34 heavy (non-hydrogen) atoms. The molecule has 0 unspecified atom stereocenters. The number of amides is 2. The second kappa shape index (κ2) is 10.3. The summed E-state index contributed by atoms with van der Waals surface area (Å²) in [4.78, 5) is 33.6. The summed E-state index contributed by atoms with van der Waals surface area (Å²) in [6.45, 7) is -0.622. The Labute approximate surface area is 201 Å². The van der Waals surface area contributed by atoms with Crippen LogP contribution in [0.15, 0.2) is 35.0 Å². The number of carbonyl (C=O) groups excluding carboxylic acids is 2. The molecule has 178 valence electrons. The number of pyridine rings is 1. The van der Waals surface area contributed by atoms with Gasteiger partial charge < -0.3 is 25.2 Å². The zero-order valence-electron chi connectivity index (χ0n) is 22.0. The highest BCUT2D eigenvalue weighted by Gasteiger charge is 2.30. The van der Waals surface area contributed by atoms with Gasteiger partial charge in [-0.3, -0.25) is 9.59 Å². The molecule has 0 aliphatic heterocycles. The molecule has 3 aromatic rings. The summed E-state index contributed by atoms with van der Waals surface area (Å²) in [6.07, 6.45) is 5.42. The minimum absolute atomic E-state index is 0.0329. The Morgan fingerprint density at radius 1 is 1.29 bits per heavy atom. The van der Waals surface area contributed by atoms with Crippen molar-refractivity contribution in [3.63, 3.8) is 0 Å². The molecule has 2 aromatic heterocycles. The first-order valence-electron chi connectivity index (χ1n) is 12.6. The lowest BCUT2D eigenvalue weighted by Gasteiger charge is -2.16. The van der Waals surface area contributed by atoms with E-state index in [0.29, 0.717) is 35.1 Å². The van der Waals surface area contributed by atoms with Gasteiger partial charge in [-0.05, 0) is 31.4 Å². The highest BCUT2D eigenvalue weighted by atomic mass is 16.5. The van der Waals surface area contributed by atoms with Gasteiger partial charge in [0.15, 0.2) is 5.75 Å². The molecule has 1 aromatic carbocycles. The number of aryl methyl sites for hydroxylation is 1. The van der Waals surface area contributed by atoms with Crippen molar-refractivity contribution in [2.75, 3.05) is 24.7 Å². The van der Waals surface area contributed by atoms with Gasteiger partial charge in [0.2, 0.25) is 17.6 Å². The molecule has 1 saturated carbocycles. The molecule has 2 amide bonds. The van der Waals surface area contributed by atoms with Crippen molar-refractivity contribution in [3.8, 4) is 17.1 Å². The Morgan fingerprint density at radius 2 is 2.15 bits per heavy atom. The molecule has 0 bridgehead atoms. The van der Waals surface area contributed by atoms with Crippen LogP contribution >= 0.6 is 0 Å². The average Bonchev–Trinajstić information content (AvgIpc) is 3.60. The van der Waals surface area contributed by atoms with Crippen LogP contribution in [-0.2, 0) is 11.2 Å². The number of para-hydroxylation sites is 1. The number of hydrogen-bond donors (Lipinski definition) is 3. The lowest BCUT2D eigenvalue weighted by Crippen LogP contribution is -2.20. The molecular formula is C24H28N6O4. The Hall–Kier alpha value is -3.95. The molecule has 10 nitrogen and oxygen atoms in total. The van der Waals surface area contributed by atoms with Gasteiger partial charge >= 0.3 is 0 Å². The quantitative estimate of drug-likeness (QED) is 0.409. The molecule has 1 aliphatic rings. The maximum absolute atomic E-state index is 12.8. The maximum Gasteiger partial charge on any atom is 0.254 e. The number of aromatic nitrogens is 3. The molecule has 0 spiro atoms. The average molecular weight is 468 g/mol. The summed E-state index contributed by atoms with van der Waals surface area (Å²) < 4.78 is 33.2. The fraction of sp³-hybridized carbons (Fsp3) is 0.375. The minimum Gasteiger partial charge on any atom is -0.494 e. The normalized spacial score (nSPS) is 14.5. The number of anilines is 3. The van der Waals surface area contributed by atoms with Crippen LogP contribution in [0.25, 0.3) is 11.4 Å². The van der Waals surface area contributed by atoms with Gasteiger partial charge in [0.05, 0.1) is 29.6 Å². The molecule has 0 atom stereocenters. The molecule has 1 fully saturated rings. The van der Waals surface area contributed by atoms with Crippen LogP contribution in [-0.4, -0.2) is 41.0 Å². The van der Waals surface area contributed by atoms with E-state index < -0.39 is 12.9 Å². The van der Waals surface area contributed by atoms with E-state index in [-0.39, 0.29) is 28.9 Å². The number of nitrogens with zero attached hydrogens (tertiary/aromatic N) is 3. The fourth-order valence-corrected chi connectivity index (χ4v) is 3.42. The molecular weight excluding hydrogens is 436 g/mol. The monoisotopic (exact) mass is 467 g/mol. The van der Waals surface area contributed by atoms with Crippen molar-refractivity contribution in [3.05, 3.63) is 41.9 Å². The molecule has 2 heterocycles. The van der Waals surface area contributed by atoms with Gasteiger partial charge in [0.25, 0.3) is 5.91 Å². The standard InChI is InChI=1S/C24H28N6O4/c1-4-5-9-20-29-22(30-34-20)15-7-6-8-17(21(15)33-3)27-18-12-19(28-23(31)14-10-11-14)26-13-16(18)24(32)25-2/h6-8,12-14H,4-5,9-11H2,1-3H3,(H,25,32)(H2,26,27,28,31)/i2D3. The van der Waals surface area contributed by atoms with E-state index in [4.69, 9.17) is 13.4 Å². The van der Waals surface area contributed by atoms with Crippen LogP contribution in [0, 0.1) is 5.92 Å². The van der Waals surface area contributed by atoms with Crippen LogP contribution in [0.3, 0.4) is 0 Å². The number of nitrogens with one attached hydrogen (secondary N) is 3. The lowest BCUT2D eigenvalue weighted by atomic mass is 10.1. The number of carbonyl (C=O) groups is 2. The van der Waals surface area contributed by atoms with E-state index in [9.17, 15) is 9.59 Å². The first-order valence-corrected chi connectivity index (χ1v) is 11.1. The topological polar surface area (TPSA) is 131 Å². The van der Waals surface area contributed by atoms with E-state index in [2.05, 4.69) is 32.7 Å². The summed E-state index contributed by atoms with van der Waals surface area (Å²) in [5.41, 5.74) is 1.20. The molecule has 4 rings (SSSR count). The molecule has 3 N–H and O–H groups in total. The second-order valence-corrected chi connectivity index (χ2v) is 7.96. The van der Waals surface area contributed by atoms with Gasteiger partial charge in [-0.1, -0.05) is 24.6 Å². The zero-order valence-corrected chi connectivity index (χ0v) is 19.0. The predicted octanol–water partition coefficient (Wildman–Crippen LogP) is 3.93. The van der Waals surface area contributed by atoms with Crippen LogP contribution < -0.4 is 20.7 Å². The SMILES string of the molecule is [2H]C([2H])([2H])NC(=O)c1cnc(NC(=O)C2CC2)cc1Nc1cccc(-c2noc(CCCC)n2)c1OC. The van der Waals surface area contributed by atoms with E-state index in [1.54, 1.807) is 18.2 Å². The molecule has 1 aliphatic carbocycles. The van der Waals surface area contributed by atoms with Gasteiger partial charge in [-0.15, -0.1) is 0 Å². The van der Waals surface area contributed by atoms with Gasteiger partial charge in [-0.2, -0.15) is 4.98 Å². The van der Waals surface area contributed by atoms with Crippen LogP contribution in [0.1, 0.15) is 53.0 Å². The second-order valence-electron chi connectivity index (χ2n) is 7.96. The summed E-state index contributed by atoms with van der Waals surface area (Å²) >= 11 is 0. The number of methoxy groups -OCH3 is 1. The smallest absolute Gasteiger partial charge is 0.254 e. The Bertz CT molecular complexity index is 1290. The lowest BCUT2D eigenvalue weighted by molar-refractivity contribution is -0.117. The van der Waals surface area contributed by atoms with Crippen molar-refractivity contribution < 1.29 is 23.0 Å². The Balaban J connectivity index is 1.69. The van der Waals surface area contributed by atoms with Gasteiger partial charge in [0.1, 0.15) is 5.82 Å².